The number of hydrogen-bond donors (Lipinski definition) is 1. The number of anilines is 1. The summed E-state index contributed by atoms with van der Waals surface area (Å²) in [5.41, 5.74) is 3.77. The van der Waals surface area contributed by atoms with Gasteiger partial charge in [-0.3, -0.25) is 14.5 Å². The summed E-state index contributed by atoms with van der Waals surface area (Å²) in [4.78, 5) is 33.6. The fourth-order valence-electron chi connectivity index (χ4n) is 5.35. The van der Waals surface area contributed by atoms with Crippen molar-refractivity contribution < 1.29 is 28.9 Å². The van der Waals surface area contributed by atoms with Crippen LogP contribution < -0.4 is 19.1 Å². The highest BCUT2D eigenvalue weighted by molar-refractivity contribution is 7.22. The van der Waals surface area contributed by atoms with Crippen LogP contribution in [0.5, 0.6) is 17.2 Å². The second-order valence-corrected chi connectivity index (χ2v) is 11.5. The van der Waals surface area contributed by atoms with Gasteiger partial charge >= 0.3 is 5.91 Å². The van der Waals surface area contributed by atoms with Crippen molar-refractivity contribution in [2.75, 3.05) is 25.2 Å². The zero-order chi connectivity index (χ0) is 30.7. The zero-order valence-electron chi connectivity index (χ0n) is 25.1. The molecule has 3 aromatic carbocycles. The first-order valence-corrected chi connectivity index (χ1v) is 15.3. The fourth-order valence-corrected chi connectivity index (χ4v) is 6.51. The molecule has 1 N–H and O–H groups in total. The second-order valence-electron chi connectivity index (χ2n) is 10.5. The van der Waals surface area contributed by atoms with Crippen molar-refractivity contribution in [3.8, 4) is 17.2 Å². The minimum absolute atomic E-state index is 0.0278. The van der Waals surface area contributed by atoms with Gasteiger partial charge in [-0.15, -0.1) is 0 Å². The Hall–Kier alpha value is -4.37. The van der Waals surface area contributed by atoms with Gasteiger partial charge in [0.15, 0.2) is 16.6 Å². The van der Waals surface area contributed by atoms with E-state index in [9.17, 15) is 14.7 Å². The van der Waals surface area contributed by atoms with Crippen LogP contribution in [0.4, 0.5) is 5.13 Å². The topological polar surface area (TPSA) is 98.2 Å². The van der Waals surface area contributed by atoms with Crippen molar-refractivity contribution in [2.24, 2.45) is 0 Å². The Morgan fingerprint density at radius 1 is 0.977 bits per heavy atom. The summed E-state index contributed by atoms with van der Waals surface area (Å²) in [6.45, 7) is 9.04. The highest BCUT2D eigenvalue weighted by Gasteiger charge is 2.48. The molecule has 1 aliphatic rings. The van der Waals surface area contributed by atoms with Gasteiger partial charge in [0.05, 0.1) is 42.2 Å². The molecule has 0 aliphatic carbocycles. The summed E-state index contributed by atoms with van der Waals surface area (Å²) in [6, 6.07) is 15.2. The van der Waals surface area contributed by atoms with E-state index in [1.807, 2.05) is 32.9 Å². The van der Waals surface area contributed by atoms with Crippen LogP contribution >= 0.6 is 11.3 Å². The molecule has 1 aromatic heterocycles. The van der Waals surface area contributed by atoms with Gasteiger partial charge in [0.25, 0.3) is 5.78 Å². The number of unbranched alkanes of at least 4 members (excludes halogenated alkanes) is 2. The monoisotopic (exact) mass is 600 g/mol. The summed E-state index contributed by atoms with van der Waals surface area (Å²) >= 11 is 1.34. The van der Waals surface area contributed by atoms with E-state index >= 15 is 0 Å². The third-order valence-electron chi connectivity index (χ3n) is 7.42. The maximum Gasteiger partial charge on any atom is 0.301 e. The normalized spacial score (nSPS) is 16.2. The van der Waals surface area contributed by atoms with E-state index in [2.05, 4.69) is 6.92 Å². The number of aromatic nitrogens is 1. The van der Waals surface area contributed by atoms with Crippen molar-refractivity contribution in [1.82, 2.24) is 4.98 Å². The van der Waals surface area contributed by atoms with E-state index in [4.69, 9.17) is 19.2 Å². The van der Waals surface area contributed by atoms with Crippen LogP contribution in [-0.4, -0.2) is 42.1 Å². The number of amides is 1. The number of fused-ring (bicyclic) bond motifs is 1. The van der Waals surface area contributed by atoms with Gasteiger partial charge in [-0.1, -0.05) is 43.2 Å². The Morgan fingerprint density at radius 3 is 2.44 bits per heavy atom. The number of benzene rings is 3. The first-order chi connectivity index (χ1) is 20.8. The van der Waals surface area contributed by atoms with E-state index in [-0.39, 0.29) is 11.3 Å². The summed E-state index contributed by atoms with van der Waals surface area (Å²) in [5.74, 6) is -0.156. The van der Waals surface area contributed by atoms with Gasteiger partial charge in [0.2, 0.25) is 0 Å². The van der Waals surface area contributed by atoms with Gasteiger partial charge in [-0.2, -0.15) is 0 Å². The number of aryl methyl sites for hydroxylation is 2. The number of carbonyl (C=O) groups is 2. The first kappa shape index (κ1) is 30.1. The van der Waals surface area contributed by atoms with Crippen LogP contribution in [0.1, 0.15) is 61.4 Å². The van der Waals surface area contributed by atoms with Crippen molar-refractivity contribution in [2.45, 2.75) is 53.0 Å². The molecule has 1 atom stereocenters. The molecule has 4 aromatic rings. The molecule has 1 amide bonds. The molecule has 0 spiro atoms. The molecular formula is C34H36N2O6S. The fraction of sp³-hybridized carbons (Fsp3) is 0.324. The maximum absolute atomic E-state index is 13.7. The first-order valence-electron chi connectivity index (χ1n) is 14.5. The standard InChI is InChI=1S/C34H36N2O6S/c1-6-8-9-16-42-25-15-12-23(19-26(25)40-5)30-28(31(37)22-10-13-24(14-11-22)41-7-2)32(38)33(39)36(30)34-35-29-21(4)17-20(3)18-27(29)43-34/h10-15,17-19,30,37H,6-9,16H2,1-5H3. The molecule has 8 nitrogen and oxygen atoms in total. The van der Waals surface area contributed by atoms with Crippen molar-refractivity contribution in [3.05, 3.63) is 82.4 Å². The molecule has 5 rings (SSSR count). The Morgan fingerprint density at radius 2 is 1.74 bits per heavy atom. The number of carbonyl (C=O) groups excluding carboxylic acids is 2. The number of methoxy groups -OCH3 is 1. The Balaban J connectivity index is 1.65. The molecule has 0 bridgehead atoms. The summed E-state index contributed by atoms with van der Waals surface area (Å²) < 4.78 is 18.1. The van der Waals surface area contributed by atoms with Crippen LogP contribution in [0.2, 0.25) is 0 Å². The van der Waals surface area contributed by atoms with Gasteiger partial charge in [-0.25, -0.2) is 4.98 Å². The van der Waals surface area contributed by atoms with Crippen LogP contribution in [0.25, 0.3) is 16.0 Å². The van der Waals surface area contributed by atoms with E-state index in [1.54, 1.807) is 49.6 Å². The Kier molecular flexibility index (Phi) is 9.01. The lowest BCUT2D eigenvalue weighted by molar-refractivity contribution is -0.132. The van der Waals surface area contributed by atoms with Gasteiger partial charge in [0.1, 0.15) is 11.5 Å². The van der Waals surface area contributed by atoms with Crippen molar-refractivity contribution in [3.63, 3.8) is 0 Å². The SMILES string of the molecule is CCCCCOc1ccc(C2C(=C(O)c3ccc(OCC)cc3)C(=O)C(=O)N2c2nc3c(C)cc(C)cc3s2)cc1OC. The molecule has 1 aliphatic heterocycles. The van der Waals surface area contributed by atoms with Crippen molar-refractivity contribution in [1.29, 1.82) is 0 Å². The molecule has 0 radical (unpaired) electrons. The van der Waals surface area contributed by atoms with E-state index in [1.165, 1.54) is 16.2 Å². The molecule has 2 heterocycles. The number of aliphatic hydroxyl groups is 1. The lowest BCUT2D eigenvalue weighted by atomic mass is 9.95. The molecule has 1 saturated heterocycles. The van der Waals surface area contributed by atoms with Crippen LogP contribution in [0.15, 0.2) is 60.2 Å². The average Bonchev–Trinajstić information content (AvgIpc) is 3.53. The number of ketones is 1. The number of Topliss-reactive ketones (excluding diaryl/α,β-unsaturated/α-hetero) is 1. The summed E-state index contributed by atoms with van der Waals surface area (Å²) in [7, 11) is 1.55. The average molecular weight is 601 g/mol. The van der Waals surface area contributed by atoms with Crippen molar-refractivity contribution >= 4 is 44.1 Å². The predicted octanol–water partition coefficient (Wildman–Crippen LogP) is 7.52. The number of hydrogen-bond acceptors (Lipinski definition) is 8. The number of aliphatic hydroxyl groups excluding tert-OH is 1. The zero-order valence-corrected chi connectivity index (χ0v) is 25.9. The van der Waals surface area contributed by atoms with Crippen LogP contribution in [0, 0.1) is 13.8 Å². The Bertz CT molecular complexity index is 1690. The van der Waals surface area contributed by atoms with Gasteiger partial charge < -0.3 is 19.3 Å². The Labute approximate surface area is 255 Å². The molecule has 1 unspecified atom stereocenters. The summed E-state index contributed by atoms with van der Waals surface area (Å²) in [6.07, 6.45) is 3.05. The molecule has 43 heavy (non-hydrogen) atoms. The number of rotatable bonds is 11. The minimum Gasteiger partial charge on any atom is -0.507 e. The predicted molar refractivity (Wildman–Crippen MR) is 170 cm³/mol. The molecular weight excluding hydrogens is 564 g/mol. The third kappa shape index (κ3) is 5.95. The number of nitrogens with zero attached hydrogens (tertiary/aromatic N) is 2. The summed E-state index contributed by atoms with van der Waals surface area (Å²) in [5, 5.41) is 11.9. The van der Waals surface area contributed by atoms with E-state index in [0.717, 1.165) is 40.6 Å². The quantitative estimate of drug-likeness (QED) is 0.0823. The van der Waals surface area contributed by atoms with E-state index in [0.29, 0.717) is 46.7 Å². The second kappa shape index (κ2) is 12.9. The highest BCUT2D eigenvalue weighted by Crippen LogP contribution is 2.46. The lowest BCUT2D eigenvalue weighted by Crippen LogP contribution is -2.29. The van der Waals surface area contributed by atoms with Gasteiger partial charge in [0, 0.05) is 5.56 Å². The molecule has 9 heteroatoms. The van der Waals surface area contributed by atoms with E-state index < -0.39 is 17.7 Å². The molecule has 224 valence electrons. The maximum atomic E-state index is 13.7. The number of ether oxygens (including phenoxy) is 3. The minimum atomic E-state index is -0.948. The molecule has 0 saturated carbocycles. The highest BCUT2D eigenvalue weighted by atomic mass is 32.1. The van der Waals surface area contributed by atoms with Crippen LogP contribution in [0.3, 0.4) is 0 Å². The molecule has 1 fully saturated rings. The van der Waals surface area contributed by atoms with Gasteiger partial charge in [-0.05, 0) is 86.3 Å². The lowest BCUT2D eigenvalue weighted by Gasteiger charge is -2.24. The third-order valence-corrected chi connectivity index (χ3v) is 8.42. The largest absolute Gasteiger partial charge is 0.507 e. The number of thiazole rings is 1. The smallest absolute Gasteiger partial charge is 0.301 e. The van der Waals surface area contributed by atoms with Crippen LogP contribution in [-0.2, 0) is 9.59 Å².